The summed E-state index contributed by atoms with van der Waals surface area (Å²) < 4.78 is 0. The average Bonchev–Trinajstić information content (AvgIpc) is 2.74. The highest BCUT2D eigenvalue weighted by atomic mass is 16.2. The van der Waals surface area contributed by atoms with Gasteiger partial charge in [-0.3, -0.25) is 4.90 Å². The van der Waals surface area contributed by atoms with Crippen LogP contribution in [0.2, 0.25) is 0 Å². The molecule has 0 atom stereocenters. The Balaban J connectivity index is 1.29. The number of urea groups is 1. The van der Waals surface area contributed by atoms with Crippen molar-refractivity contribution >= 4 is 6.03 Å². The fraction of sp³-hybridized carbons (Fsp3) is 0.957. The number of hydrogen-bond donors (Lipinski definition) is 0. The predicted octanol–water partition coefficient (Wildman–Crippen LogP) is 3.60. The Morgan fingerprint density at radius 3 is 2.00 bits per heavy atom. The highest BCUT2D eigenvalue weighted by molar-refractivity contribution is 5.74. The van der Waals surface area contributed by atoms with Crippen molar-refractivity contribution in [3.63, 3.8) is 0 Å². The molecule has 0 radical (unpaired) electrons. The van der Waals surface area contributed by atoms with Gasteiger partial charge in [-0.1, -0.05) is 20.8 Å². The number of carbonyl (C=O) groups is 1. The summed E-state index contributed by atoms with van der Waals surface area (Å²) in [6.07, 6.45) is 7.86. The van der Waals surface area contributed by atoms with Gasteiger partial charge in [0.25, 0.3) is 0 Å². The molecule has 0 spiro atoms. The Bertz CT molecular complexity index is 459. The van der Waals surface area contributed by atoms with Crippen LogP contribution in [-0.4, -0.2) is 91.1 Å². The van der Waals surface area contributed by atoms with Crippen LogP contribution >= 0.6 is 0 Å². The first-order valence-corrected chi connectivity index (χ1v) is 12.0. The van der Waals surface area contributed by atoms with E-state index in [0.717, 1.165) is 57.0 Å². The Morgan fingerprint density at radius 1 is 0.821 bits per heavy atom. The van der Waals surface area contributed by atoms with Crippen LogP contribution in [0, 0.1) is 17.8 Å². The lowest BCUT2D eigenvalue weighted by Crippen LogP contribution is -2.54. The molecule has 5 nitrogen and oxygen atoms in total. The van der Waals surface area contributed by atoms with Crippen LogP contribution in [0.25, 0.3) is 0 Å². The van der Waals surface area contributed by atoms with Gasteiger partial charge in [0.05, 0.1) is 0 Å². The van der Waals surface area contributed by atoms with E-state index in [4.69, 9.17) is 0 Å². The van der Waals surface area contributed by atoms with E-state index in [2.05, 4.69) is 40.4 Å². The SMILES string of the molecule is CCN1CCC(CCCN2CCN(C(=O)N3CCC(C(C)C)CC3)CC2)CC1. The molecule has 0 aromatic rings. The molecule has 3 aliphatic heterocycles. The molecule has 5 heteroatoms. The van der Waals surface area contributed by atoms with Crippen molar-refractivity contribution in [2.24, 2.45) is 17.8 Å². The van der Waals surface area contributed by atoms with Crippen LogP contribution < -0.4 is 0 Å². The van der Waals surface area contributed by atoms with E-state index in [1.807, 2.05) is 0 Å². The number of rotatable bonds is 6. The zero-order valence-corrected chi connectivity index (χ0v) is 18.7. The lowest BCUT2D eigenvalue weighted by Gasteiger charge is -2.40. The van der Waals surface area contributed by atoms with E-state index in [-0.39, 0.29) is 0 Å². The zero-order valence-electron chi connectivity index (χ0n) is 18.7. The second-order valence-corrected chi connectivity index (χ2v) is 9.70. The lowest BCUT2D eigenvalue weighted by molar-refractivity contribution is 0.0949. The summed E-state index contributed by atoms with van der Waals surface area (Å²) in [4.78, 5) is 22.2. The van der Waals surface area contributed by atoms with Crippen molar-refractivity contribution in [3.8, 4) is 0 Å². The fourth-order valence-corrected chi connectivity index (χ4v) is 5.32. The minimum atomic E-state index is 0.296. The highest BCUT2D eigenvalue weighted by Gasteiger charge is 2.29. The van der Waals surface area contributed by atoms with Gasteiger partial charge in [-0.25, -0.2) is 4.79 Å². The first-order valence-electron chi connectivity index (χ1n) is 12.0. The summed E-state index contributed by atoms with van der Waals surface area (Å²) in [5.74, 6) is 2.49. The molecular formula is C23H44N4O. The minimum Gasteiger partial charge on any atom is -0.325 e. The number of carbonyl (C=O) groups excluding carboxylic acids is 1. The van der Waals surface area contributed by atoms with E-state index in [1.54, 1.807) is 0 Å². The van der Waals surface area contributed by atoms with Crippen molar-refractivity contribution in [1.29, 1.82) is 0 Å². The van der Waals surface area contributed by atoms with Crippen molar-refractivity contribution in [1.82, 2.24) is 19.6 Å². The molecule has 0 unspecified atom stereocenters. The smallest absolute Gasteiger partial charge is 0.320 e. The van der Waals surface area contributed by atoms with Crippen molar-refractivity contribution in [3.05, 3.63) is 0 Å². The van der Waals surface area contributed by atoms with Crippen molar-refractivity contribution in [2.75, 3.05) is 65.4 Å². The molecule has 28 heavy (non-hydrogen) atoms. The van der Waals surface area contributed by atoms with Gasteiger partial charge in [-0.2, -0.15) is 0 Å². The number of nitrogens with zero attached hydrogens (tertiary/aromatic N) is 4. The number of piperidine rings is 2. The third-order valence-corrected chi connectivity index (χ3v) is 7.64. The zero-order chi connectivity index (χ0) is 19.9. The van der Waals surface area contributed by atoms with E-state index in [1.165, 1.54) is 64.7 Å². The molecule has 0 aromatic carbocycles. The van der Waals surface area contributed by atoms with Crippen LogP contribution in [0.1, 0.15) is 59.3 Å². The van der Waals surface area contributed by atoms with Crippen molar-refractivity contribution < 1.29 is 4.79 Å². The topological polar surface area (TPSA) is 30.0 Å². The third kappa shape index (κ3) is 6.09. The Labute approximate surface area is 173 Å². The van der Waals surface area contributed by atoms with E-state index < -0.39 is 0 Å². The van der Waals surface area contributed by atoms with Crippen LogP contribution in [0.4, 0.5) is 4.79 Å². The molecule has 3 heterocycles. The van der Waals surface area contributed by atoms with Gasteiger partial charge in [0.1, 0.15) is 0 Å². The molecule has 3 rings (SSSR count). The summed E-state index contributed by atoms with van der Waals surface area (Å²) in [7, 11) is 0. The maximum atomic E-state index is 12.8. The predicted molar refractivity (Wildman–Crippen MR) is 117 cm³/mol. The Morgan fingerprint density at radius 2 is 1.43 bits per heavy atom. The summed E-state index contributed by atoms with van der Waals surface area (Å²) in [5.41, 5.74) is 0. The molecule has 3 saturated heterocycles. The highest BCUT2D eigenvalue weighted by Crippen LogP contribution is 2.25. The first kappa shape index (κ1) is 21.9. The molecule has 3 fully saturated rings. The summed E-state index contributed by atoms with van der Waals surface area (Å²) in [5, 5.41) is 0. The summed E-state index contributed by atoms with van der Waals surface area (Å²) in [6, 6.07) is 0.296. The molecular weight excluding hydrogens is 348 g/mol. The molecule has 0 aliphatic carbocycles. The van der Waals surface area contributed by atoms with E-state index in [9.17, 15) is 4.79 Å². The van der Waals surface area contributed by atoms with Gasteiger partial charge in [0.15, 0.2) is 0 Å². The average molecular weight is 393 g/mol. The number of hydrogen-bond acceptors (Lipinski definition) is 3. The van der Waals surface area contributed by atoms with Crippen LogP contribution in [-0.2, 0) is 0 Å². The summed E-state index contributed by atoms with van der Waals surface area (Å²) in [6.45, 7) is 17.8. The molecule has 2 amide bonds. The van der Waals surface area contributed by atoms with E-state index >= 15 is 0 Å². The quantitative estimate of drug-likeness (QED) is 0.692. The van der Waals surface area contributed by atoms with E-state index in [0.29, 0.717) is 6.03 Å². The standard InChI is InChI=1S/C23H44N4O/c1-4-24-12-7-21(8-13-24)6-5-11-25-16-18-27(19-17-25)23(28)26-14-9-22(10-15-26)20(2)3/h20-22H,4-19H2,1-3H3. The largest absolute Gasteiger partial charge is 0.325 e. The Hall–Kier alpha value is -0.810. The van der Waals surface area contributed by atoms with Gasteiger partial charge in [0.2, 0.25) is 0 Å². The second kappa shape index (κ2) is 10.8. The number of amides is 2. The lowest BCUT2D eigenvalue weighted by atomic mass is 9.87. The molecule has 0 N–H and O–H groups in total. The van der Waals surface area contributed by atoms with Crippen LogP contribution in [0.3, 0.4) is 0 Å². The fourth-order valence-electron chi connectivity index (χ4n) is 5.32. The second-order valence-electron chi connectivity index (χ2n) is 9.70. The van der Waals surface area contributed by atoms with Gasteiger partial charge < -0.3 is 14.7 Å². The number of likely N-dealkylation sites (tertiary alicyclic amines) is 2. The third-order valence-electron chi connectivity index (χ3n) is 7.64. The maximum absolute atomic E-state index is 12.8. The van der Waals surface area contributed by atoms with Crippen molar-refractivity contribution in [2.45, 2.75) is 59.3 Å². The van der Waals surface area contributed by atoms with Gasteiger partial charge in [-0.15, -0.1) is 0 Å². The number of piperazine rings is 1. The summed E-state index contributed by atoms with van der Waals surface area (Å²) >= 11 is 0. The first-order chi connectivity index (χ1) is 13.6. The monoisotopic (exact) mass is 392 g/mol. The maximum Gasteiger partial charge on any atom is 0.320 e. The minimum absolute atomic E-state index is 0.296. The normalized spacial score (nSPS) is 24.3. The van der Waals surface area contributed by atoms with Gasteiger partial charge in [-0.05, 0) is 82.5 Å². The molecule has 0 bridgehead atoms. The molecule has 162 valence electrons. The van der Waals surface area contributed by atoms with Crippen LogP contribution in [0.5, 0.6) is 0 Å². The van der Waals surface area contributed by atoms with Crippen LogP contribution in [0.15, 0.2) is 0 Å². The Kier molecular flexibility index (Phi) is 8.46. The molecule has 3 aliphatic rings. The molecule has 0 saturated carbocycles. The molecule has 0 aromatic heterocycles. The van der Waals surface area contributed by atoms with Gasteiger partial charge in [0, 0.05) is 39.3 Å². The van der Waals surface area contributed by atoms with Gasteiger partial charge >= 0.3 is 6.03 Å².